The van der Waals surface area contributed by atoms with Gasteiger partial charge in [-0.1, -0.05) is 46.5 Å². The molecular formula is C13H27NO. The molecule has 0 atom stereocenters. The summed E-state index contributed by atoms with van der Waals surface area (Å²) in [5, 5.41) is 0. The Bertz CT molecular complexity index is 185. The zero-order valence-corrected chi connectivity index (χ0v) is 11.1. The number of unbranched alkanes of at least 4 members (excludes halogenated alkanes) is 3. The molecule has 0 aliphatic heterocycles. The molecule has 0 fully saturated rings. The van der Waals surface area contributed by atoms with Gasteiger partial charge in [0, 0.05) is 20.5 Å². The Morgan fingerprint density at radius 2 is 1.73 bits per heavy atom. The molecule has 0 saturated heterocycles. The third kappa shape index (κ3) is 7.40. The van der Waals surface area contributed by atoms with Crippen LogP contribution in [0.4, 0.5) is 0 Å². The van der Waals surface area contributed by atoms with E-state index in [0.29, 0.717) is 6.42 Å². The van der Waals surface area contributed by atoms with Crippen LogP contribution in [0.25, 0.3) is 0 Å². The van der Waals surface area contributed by atoms with E-state index < -0.39 is 0 Å². The Hall–Kier alpha value is -0.530. The second kappa shape index (κ2) is 6.86. The van der Waals surface area contributed by atoms with E-state index in [9.17, 15) is 4.79 Å². The number of carbonyl (C=O) groups excluding carboxylic acids is 1. The van der Waals surface area contributed by atoms with Crippen LogP contribution in [0.5, 0.6) is 0 Å². The number of amides is 1. The molecule has 0 aromatic rings. The van der Waals surface area contributed by atoms with E-state index in [4.69, 9.17) is 0 Å². The summed E-state index contributed by atoms with van der Waals surface area (Å²) in [5.74, 6) is 0.246. The van der Waals surface area contributed by atoms with Crippen LogP contribution in [0.1, 0.15) is 59.3 Å². The first-order chi connectivity index (χ1) is 6.89. The van der Waals surface area contributed by atoms with Crippen molar-refractivity contribution in [3.63, 3.8) is 0 Å². The zero-order valence-electron chi connectivity index (χ0n) is 11.1. The second-order valence-electron chi connectivity index (χ2n) is 5.44. The normalized spacial score (nSPS) is 11.5. The fourth-order valence-electron chi connectivity index (χ4n) is 1.69. The Morgan fingerprint density at radius 3 is 2.20 bits per heavy atom. The third-order valence-corrected chi connectivity index (χ3v) is 2.84. The van der Waals surface area contributed by atoms with Crippen LogP contribution >= 0.6 is 0 Å². The molecule has 0 aliphatic rings. The van der Waals surface area contributed by atoms with Gasteiger partial charge < -0.3 is 4.90 Å². The summed E-state index contributed by atoms with van der Waals surface area (Å²) in [4.78, 5) is 13.3. The van der Waals surface area contributed by atoms with Gasteiger partial charge in [0.1, 0.15) is 0 Å². The van der Waals surface area contributed by atoms with Crippen LogP contribution in [-0.2, 0) is 4.79 Å². The number of nitrogens with zero attached hydrogens (tertiary/aromatic N) is 1. The first-order valence-corrected chi connectivity index (χ1v) is 6.09. The molecule has 0 radical (unpaired) electrons. The number of hydrogen-bond donors (Lipinski definition) is 0. The van der Waals surface area contributed by atoms with Crippen molar-refractivity contribution >= 4 is 5.91 Å². The molecule has 2 nitrogen and oxygen atoms in total. The Kier molecular flexibility index (Phi) is 6.62. The van der Waals surface area contributed by atoms with Crippen molar-refractivity contribution in [2.75, 3.05) is 14.1 Å². The lowest BCUT2D eigenvalue weighted by Crippen LogP contribution is -2.27. The summed E-state index contributed by atoms with van der Waals surface area (Å²) in [6.45, 7) is 6.61. The van der Waals surface area contributed by atoms with Crippen molar-refractivity contribution in [1.82, 2.24) is 4.90 Å². The molecule has 0 spiro atoms. The number of carbonyl (C=O) groups is 1. The van der Waals surface area contributed by atoms with Gasteiger partial charge in [-0.05, 0) is 11.8 Å². The van der Waals surface area contributed by atoms with Gasteiger partial charge in [-0.25, -0.2) is 0 Å². The van der Waals surface area contributed by atoms with Crippen LogP contribution in [-0.4, -0.2) is 24.9 Å². The minimum absolute atomic E-state index is 0.162. The van der Waals surface area contributed by atoms with Gasteiger partial charge in [0.25, 0.3) is 0 Å². The summed E-state index contributed by atoms with van der Waals surface area (Å²) in [5.41, 5.74) is 0.162. The topological polar surface area (TPSA) is 20.3 Å². The number of hydrogen-bond acceptors (Lipinski definition) is 1. The second-order valence-corrected chi connectivity index (χ2v) is 5.44. The van der Waals surface area contributed by atoms with Crippen LogP contribution in [0.2, 0.25) is 0 Å². The van der Waals surface area contributed by atoms with E-state index >= 15 is 0 Å². The molecule has 0 aromatic heterocycles. The Balaban J connectivity index is 3.81. The predicted molar refractivity (Wildman–Crippen MR) is 65.9 cm³/mol. The molecule has 0 aliphatic carbocycles. The molecule has 0 rings (SSSR count). The highest BCUT2D eigenvalue weighted by Crippen LogP contribution is 2.28. The average Bonchev–Trinajstić information content (AvgIpc) is 2.11. The van der Waals surface area contributed by atoms with Crippen LogP contribution in [0.15, 0.2) is 0 Å². The highest BCUT2D eigenvalue weighted by molar-refractivity contribution is 5.76. The maximum absolute atomic E-state index is 11.6. The summed E-state index contributed by atoms with van der Waals surface area (Å²) in [7, 11) is 3.66. The largest absolute Gasteiger partial charge is 0.349 e. The lowest BCUT2D eigenvalue weighted by molar-refractivity contribution is -0.130. The van der Waals surface area contributed by atoms with E-state index in [-0.39, 0.29) is 11.3 Å². The van der Waals surface area contributed by atoms with Gasteiger partial charge >= 0.3 is 0 Å². The minimum Gasteiger partial charge on any atom is -0.349 e. The van der Waals surface area contributed by atoms with Crippen molar-refractivity contribution in [2.24, 2.45) is 5.41 Å². The quantitative estimate of drug-likeness (QED) is 0.593. The standard InChI is InChI=1S/C13H27NO/c1-6-7-8-9-10-13(2,3)11-12(15)14(4)5/h6-11H2,1-5H3. The van der Waals surface area contributed by atoms with Gasteiger partial charge in [-0.2, -0.15) is 0 Å². The Labute approximate surface area is 95.0 Å². The first-order valence-electron chi connectivity index (χ1n) is 6.09. The van der Waals surface area contributed by atoms with Crippen molar-refractivity contribution in [2.45, 2.75) is 59.3 Å². The fraction of sp³-hybridized carbons (Fsp3) is 0.923. The summed E-state index contributed by atoms with van der Waals surface area (Å²) < 4.78 is 0. The van der Waals surface area contributed by atoms with Crippen LogP contribution in [0, 0.1) is 5.41 Å². The van der Waals surface area contributed by atoms with Crippen molar-refractivity contribution < 1.29 is 4.79 Å². The van der Waals surface area contributed by atoms with E-state index in [1.54, 1.807) is 4.90 Å². The smallest absolute Gasteiger partial charge is 0.222 e. The van der Waals surface area contributed by atoms with Gasteiger partial charge in [-0.15, -0.1) is 0 Å². The van der Waals surface area contributed by atoms with E-state index in [0.717, 1.165) is 6.42 Å². The van der Waals surface area contributed by atoms with E-state index in [2.05, 4.69) is 20.8 Å². The number of rotatable bonds is 7. The molecule has 0 aromatic carbocycles. The van der Waals surface area contributed by atoms with E-state index in [1.165, 1.54) is 25.7 Å². The lowest BCUT2D eigenvalue weighted by atomic mass is 9.83. The molecule has 0 N–H and O–H groups in total. The maximum Gasteiger partial charge on any atom is 0.222 e. The van der Waals surface area contributed by atoms with Gasteiger partial charge in [-0.3, -0.25) is 4.79 Å². The molecule has 0 saturated carbocycles. The van der Waals surface area contributed by atoms with Gasteiger partial charge in [0.05, 0.1) is 0 Å². The lowest BCUT2D eigenvalue weighted by Gasteiger charge is -2.25. The summed E-state index contributed by atoms with van der Waals surface area (Å²) in [6, 6.07) is 0. The van der Waals surface area contributed by atoms with Crippen LogP contribution in [0.3, 0.4) is 0 Å². The molecular weight excluding hydrogens is 186 g/mol. The molecule has 90 valence electrons. The van der Waals surface area contributed by atoms with Crippen molar-refractivity contribution in [3.05, 3.63) is 0 Å². The predicted octanol–water partition coefficient (Wildman–Crippen LogP) is 3.46. The molecule has 0 unspecified atom stereocenters. The molecule has 0 heterocycles. The van der Waals surface area contributed by atoms with Gasteiger partial charge in [0.2, 0.25) is 5.91 Å². The molecule has 0 bridgehead atoms. The van der Waals surface area contributed by atoms with Crippen molar-refractivity contribution in [3.8, 4) is 0 Å². The minimum atomic E-state index is 0.162. The monoisotopic (exact) mass is 213 g/mol. The third-order valence-electron chi connectivity index (χ3n) is 2.84. The first kappa shape index (κ1) is 14.5. The highest BCUT2D eigenvalue weighted by Gasteiger charge is 2.22. The zero-order chi connectivity index (χ0) is 11.9. The fourth-order valence-corrected chi connectivity index (χ4v) is 1.69. The Morgan fingerprint density at radius 1 is 1.13 bits per heavy atom. The highest BCUT2D eigenvalue weighted by atomic mass is 16.2. The van der Waals surface area contributed by atoms with Gasteiger partial charge in [0.15, 0.2) is 0 Å². The maximum atomic E-state index is 11.6. The SMILES string of the molecule is CCCCCCC(C)(C)CC(=O)N(C)C. The summed E-state index contributed by atoms with van der Waals surface area (Å²) >= 11 is 0. The van der Waals surface area contributed by atoms with Crippen molar-refractivity contribution in [1.29, 1.82) is 0 Å². The van der Waals surface area contributed by atoms with Crippen LogP contribution < -0.4 is 0 Å². The average molecular weight is 213 g/mol. The molecule has 1 amide bonds. The summed E-state index contributed by atoms with van der Waals surface area (Å²) in [6.07, 6.45) is 6.98. The molecule has 2 heteroatoms. The van der Waals surface area contributed by atoms with E-state index in [1.807, 2.05) is 14.1 Å². The molecule has 15 heavy (non-hydrogen) atoms.